The van der Waals surface area contributed by atoms with Gasteiger partial charge in [0.25, 0.3) is 5.56 Å². The monoisotopic (exact) mass is 498 g/mol. The van der Waals surface area contributed by atoms with E-state index in [0.717, 1.165) is 10.8 Å². The number of aromatic nitrogens is 2. The second-order valence-corrected chi connectivity index (χ2v) is 10.2. The summed E-state index contributed by atoms with van der Waals surface area (Å²) in [5.74, 6) is 0. The quantitative estimate of drug-likeness (QED) is 0.182. The van der Waals surface area contributed by atoms with E-state index in [-0.39, 0.29) is 12.0 Å². The van der Waals surface area contributed by atoms with E-state index in [9.17, 15) is 33.3 Å². The first-order valence-electron chi connectivity index (χ1n) is 7.69. The van der Waals surface area contributed by atoms with Gasteiger partial charge in [0.1, 0.15) is 12.3 Å². The van der Waals surface area contributed by atoms with Crippen LogP contribution in [0.3, 0.4) is 0 Å². The van der Waals surface area contributed by atoms with Crippen molar-refractivity contribution in [2.75, 3.05) is 6.61 Å². The van der Waals surface area contributed by atoms with E-state index in [1.807, 2.05) is 4.98 Å². The fourth-order valence-electron chi connectivity index (χ4n) is 2.36. The third-order valence-electron chi connectivity index (χ3n) is 3.54. The molecule has 0 aromatic carbocycles. The molecule has 1 aliphatic heterocycles. The molecule has 0 amide bonds. The Morgan fingerprint density at radius 2 is 1.77 bits per heavy atom. The van der Waals surface area contributed by atoms with Crippen LogP contribution in [0.1, 0.15) is 18.2 Å². The van der Waals surface area contributed by atoms with Crippen LogP contribution in [0.25, 0.3) is 0 Å². The molecule has 0 bridgehead atoms. The number of hydrogen-bond acceptors (Lipinski definition) is 11. The lowest BCUT2D eigenvalue weighted by atomic mass is 10.2. The summed E-state index contributed by atoms with van der Waals surface area (Å²) in [6.07, 6.45) is -3.18. The summed E-state index contributed by atoms with van der Waals surface area (Å²) in [5, 5.41) is 19.1. The summed E-state index contributed by atoms with van der Waals surface area (Å²) >= 11 is 0. The number of rotatable bonds is 9. The van der Waals surface area contributed by atoms with Crippen LogP contribution in [0.2, 0.25) is 0 Å². The van der Waals surface area contributed by atoms with Crippen LogP contribution in [0.15, 0.2) is 15.8 Å². The minimum absolute atomic E-state index is 0.176. The van der Waals surface area contributed by atoms with Crippen molar-refractivity contribution in [1.82, 2.24) is 9.55 Å². The standard InChI is InChI=1S/C10H17N2O15P3/c13-3-5-2-12(10(16)11-9(5)15)8-1-6(14)7(25-8)4-24-29(20,21)27-30(22,23)26-28(17,18)19/h2,6-8,13-14H,1,3-4H2,(H,20,21)(H,22,23)(H,11,15,16)(H2,17,18,19). The first-order valence-corrected chi connectivity index (χ1v) is 12.2. The molecule has 2 rings (SSSR count). The number of nitrogens with one attached hydrogen (secondary N) is 1. The second kappa shape index (κ2) is 9.22. The molecule has 5 atom stereocenters. The van der Waals surface area contributed by atoms with Gasteiger partial charge in [-0.2, -0.15) is 8.62 Å². The van der Waals surface area contributed by atoms with Crippen molar-refractivity contribution in [1.29, 1.82) is 0 Å². The number of aliphatic hydroxyl groups is 2. The van der Waals surface area contributed by atoms with Crippen LogP contribution >= 0.6 is 23.5 Å². The highest BCUT2D eigenvalue weighted by Crippen LogP contribution is 2.66. The molecule has 30 heavy (non-hydrogen) atoms. The van der Waals surface area contributed by atoms with Gasteiger partial charge in [-0.05, 0) is 0 Å². The Hall–Kier alpha value is -1.03. The zero-order valence-corrected chi connectivity index (χ0v) is 17.3. The fraction of sp³-hybridized carbons (Fsp3) is 0.600. The predicted octanol–water partition coefficient (Wildman–Crippen LogP) is -1.98. The fourth-order valence-corrected chi connectivity index (χ4v) is 5.39. The second-order valence-electron chi connectivity index (χ2n) is 5.80. The molecule has 5 unspecified atom stereocenters. The normalized spacial score (nSPS) is 26.3. The van der Waals surface area contributed by atoms with Gasteiger partial charge in [-0.3, -0.25) is 18.9 Å². The number of hydrogen-bond donors (Lipinski definition) is 7. The molecular weight excluding hydrogens is 481 g/mol. The van der Waals surface area contributed by atoms with Crippen molar-refractivity contribution in [3.63, 3.8) is 0 Å². The van der Waals surface area contributed by atoms with Crippen LogP contribution < -0.4 is 11.2 Å². The Bertz CT molecular complexity index is 1030. The molecule has 17 nitrogen and oxygen atoms in total. The van der Waals surface area contributed by atoms with Gasteiger partial charge >= 0.3 is 29.2 Å². The van der Waals surface area contributed by atoms with E-state index >= 15 is 0 Å². The van der Waals surface area contributed by atoms with E-state index in [1.54, 1.807) is 0 Å². The van der Waals surface area contributed by atoms with Gasteiger partial charge in [0.15, 0.2) is 0 Å². The average Bonchev–Trinajstić information content (AvgIpc) is 2.90. The van der Waals surface area contributed by atoms with Crippen molar-refractivity contribution in [2.45, 2.75) is 31.5 Å². The molecule has 1 fully saturated rings. The van der Waals surface area contributed by atoms with E-state index < -0.39 is 66.4 Å². The van der Waals surface area contributed by atoms with Gasteiger partial charge in [0.05, 0.1) is 24.9 Å². The molecule has 0 spiro atoms. The van der Waals surface area contributed by atoms with Gasteiger partial charge in [-0.1, -0.05) is 0 Å². The van der Waals surface area contributed by atoms with Gasteiger partial charge in [-0.15, -0.1) is 0 Å². The van der Waals surface area contributed by atoms with Gasteiger partial charge in [0.2, 0.25) is 0 Å². The smallest absolute Gasteiger partial charge is 0.391 e. The zero-order chi connectivity index (χ0) is 22.9. The highest BCUT2D eigenvalue weighted by Gasteiger charge is 2.43. The van der Waals surface area contributed by atoms with Gasteiger partial charge < -0.3 is 34.5 Å². The van der Waals surface area contributed by atoms with Crippen LogP contribution in [-0.2, 0) is 38.2 Å². The molecule has 0 saturated carbocycles. The molecule has 172 valence electrons. The number of phosphoric acid groups is 3. The largest absolute Gasteiger partial charge is 0.490 e. The summed E-state index contributed by atoms with van der Waals surface area (Å²) < 4.78 is 51.1. The van der Waals surface area contributed by atoms with E-state index in [1.165, 1.54) is 0 Å². The molecule has 7 N–H and O–H groups in total. The van der Waals surface area contributed by atoms with E-state index in [0.29, 0.717) is 0 Å². The molecule has 20 heteroatoms. The maximum Gasteiger partial charge on any atom is 0.490 e. The Labute approximate surface area is 165 Å². The van der Waals surface area contributed by atoms with Crippen molar-refractivity contribution in [3.05, 3.63) is 32.6 Å². The predicted molar refractivity (Wildman–Crippen MR) is 91.6 cm³/mol. The molecule has 1 aromatic heterocycles. The lowest BCUT2D eigenvalue weighted by Crippen LogP contribution is -2.34. The maximum atomic E-state index is 11.9. The van der Waals surface area contributed by atoms with Crippen molar-refractivity contribution in [3.8, 4) is 0 Å². The molecule has 0 radical (unpaired) electrons. The summed E-state index contributed by atoms with van der Waals surface area (Å²) in [4.78, 5) is 60.6. The number of H-pyrrole nitrogens is 1. The minimum Gasteiger partial charge on any atom is -0.391 e. The topological polar surface area (TPSA) is 264 Å². The van der Waals surface area contributed by atoms with E-state index in [4.69, 9.17) is 24.5 Å². The zero-order valence-electron chi connectivity index (χ0n) is 14.6. The summed E-state index contributed by atoms with van der Waals surface area (Å²) in [6, 6.07) is 0. The summed E-state index contributed by atoms with van der Waals surface area (Å²) in [6.45, 7) is -1.62. The Kier molecular flexibility index (Phi) is 7.76. The summed E-state index contributed by atoms with van der Waals surface area (Å²) in [5.41, 5.74) is -1.94. The molecular formula is C10H17N2O15P3. The Morgan fingerprint density at radius 3 is 2.33 bits per heavy atom. The Balaban J connectivity index is 2.05. The third kappa shape index (κ3) is 7.00. The molecule has 0 aliphatic carbocycles. The summed E-state index contributed by atoms with van der Waals surface area (Å²) in [7, 11) is -16.7. The van der Waals surface area contributed by atoms with E-state index in [2.05, 4.69) is 13.1 Å². The number of aromatic amines is 1. The highest BCUT2D eigenvalue weighted by atomic mass is 31.3. The minimum atomic E-state index is -5.70. The molecule has 1 aliphatic rings. The van der Waals surface area contributed by atoms with Crippen molar-refractivity contribution in [2.24, 2.45) is 0 Å². The first kappa shape index (κ1) is 25.2. The highest BCUT2D eigenvalue weighted by molar-refractivity contribution is 7.66. The molecule has 1 aromatic rings. The average molecular weight is 498 g/mol. The van der Waals surface area contributed by atoms with Gasteiger partial charge in [-0.25, -0.2) is 18.5 Å². The molecule has 1 saturated heterocycles. The van der Waals surface area contributed by atoms with Crippen molar-refractivity contribution < 1.29 is 61.4 Å². The van der Waals surface area contributed by atoms with Crippen LogP contribution in [-0.4, -0.2) is 58.2 Å². The van der Waals surface area contributed by atoms with Crippen molar-refractivity contribution >= 4 is 23.5 Å². The SMILES string of the molecule is O=c1[nH]c(=O)n(C2CC(O)C(COP(=O)(O)OP(=O)(O)OP(=O)(O)O)O2)cc1CO. The number of aliphatic hydroxyl groups excluding tert-OH is 2. The maximum absolute atomic E-state index is 11.9. The first-order chi connectivity index (χ1) is 13.6. The lowest BCUT2D eigenvalue weighted by molar-refractivity contribution is -0.0451. The molecule has 2 heterocycles. The number of phosphoric ester groups is 1. The third-order valence-corrected chi connectivity index (χ3v) is 7.35. The van der Waals surface area contributed by atoms with Crippen LogP contribution in [0, 0.1) is 0 Å². The van der Waals surface area contributed by atoms with Crippen LogP contribution in [0.4, 0.5) is 0 Å². The lowest BCUT2D eigenvalue weighted by Gasteiger charge is -2.19. The van der Waals surface area contributed by atoms with Gasteiger partial charge in [0, 0.05) is 12.6 Å². The van der Waals surface area contributed by atoms with Crippen LogP contribution in [0.5, 0.6) is 0 Å². The Morgan fingerprint density at radius 1 is 1.13 bits per heavy atom. The number of ether oxygens (including phenoxy) is 1. The number of nitrogens with zero attached hydrogens (tertiary/aromatic N) is 1.